The van der Waals surface area contributed by atoms with Gasteiger partial charge in [0, 0.05) is 12.0 Å². The lowest BCUT2D eigenvalue weighted by Gasteiger charge is -2.53. The average molecular weight is 273 g/mol. The molecule has 0 unspecified atom stereocenters. The zero-order valence-corrected chi connectivity index (χ0v) is 11.9. The molecule has 1 heterocycles. The first-order chi connectivity index (χ1) is 9.85. The van der Waals surface area contributed by atoms with Crippen LogP contribution in [0.15, 0.2) is 4.42 Å². The van der Waals surface area contributed by atoms with Crippen LogP contribution in [0.2, 0.25) is 0 Å². The highest BCUT2D eigenvalue weighted by Crippen LogP contribution is 2.59. The van der Waals surface area contributed by atoms with Crippen LogP contribution in [0.1, 0.15) is 62.6 Å². The van der Waals surface area contributed by atoms with E-state index in [0.717, 1.165) is 42.0 Å². The molecule has 5 aliphatic carbocycles. The summed E-state index contributed by atoms with van der Waals surface area (Å²) < 4.78 is 6.00. The van der Waals surface area contributed by atoms with Crippen molar-refractivity contribution in [2.24, 2.45) is 23.7 Å². The molecule has 20 heavy (non-hydrogen) atoms. The van der Waals surface area contributed by atoms with Crippen molar-refractivity contribution < 1.29 is 4.42 Å². The first-order valence-electron chi connectivity index (χ1n) is 8.41. The van der Waals surface area contributed by atoms with Crippen LogP contribution in [0.3, 0.4) is 0 Å². The van der Waals surface area contributed by atoms with Crippen LogP contribution in [-0.2, 0) is 6.54 Å². The smallest absolute Gasteiger partial charge is 0.230 e. The van der Waals surface area contributed by atoms with Crippen LogP contribution in [0.25, 0.3) is 0 Å². The number of hydrogen-bond acceptors (Lipinski definition) is 4. The second-order valence-electron chi connectivity index (χ2n) is 7.65. The Balaban J connectivity index is 1.34. The lowest BCUT2D eigenvalue weighted by Crippen LogP contribution is -2.43. The van der Waals surface area contributed by atoms with Crippen LogP contribution in [0, 0.1) is 23.7 Å². The van der Waals surface area contributed by atoms with Gasteiger partial charge in [0.15, 0.2) is 0 Å². The van der Waals surface area contributed by atoms with Gasteiger partial charge in [-0.3, -0.25) is 0 Å². The molecule has 5 saturated carbocycles. The highest BCUT2D eigenvalue weighted by Gasteiger charge is 2.50. The largest absolute Gasteiger partial charge is 0.424 e. The number of rotatable bonds is 4. The Morgan fingerprint density at radius 3 is 2.30 bits per heavy atom. The second kappa shape index (κ2) is 4.30. The SMILES string of the molecule is C(NC1CC1)c1nnc(C2C3CC4CC(C3)CC2C4)o1. The normalized spacial score (nSPS) is 42.3. The maximum Gasteiger partial charge on any atom is 0.230 e. The maximum absolute atomic E-state index is 6.00. The molecule has 0 amide bonds. The van der Waals surface area contributed by atoms with Crippen molar-refractivity contribution in [3.05, 3.63) is 11.8 Å². The predicted octanol–water partition coefficient (Wildman–Crippen LogP) is 2.86. The minimum absolute atomic E-state index is 0.574. The Morgan fingerprint density at radius 1 is 0.950 bits per heavy atom. The van der Waals surface area contributed by atoms with E-state index in [1.807, 2.05) is 0 Å². The van der Waals surface area contributed by atoms with Crippen molar-refractivity contribution in [2.75, 3.05) is 0 Å². The van der Waals surface area contributed by atoms with E-state index in [9.17, 15) is 0 Å². The predicted molar refractivity (Wildman–Crippen MR) is 73.9 cm³/mol. The molecule has 6 rings (SSSR count). The maximum atomic E-state index is 6.00. The van der Waals surface area contributed by atoms with Gasteiger partial charge in [-0.15, -0.1) is 10.2 Å². The average Bonchev–Trinajstić information content (AvgIpc) is 3.14. The molecule has 1 N–H and O–H groups in total. The fraction of sp³-hybridized carbons (Fsp3) is 0.875. The fourth-order valence-corrected chi connectivity index (χ4v) is 5.32. The molecular formula is C16H23N3O. The van der Waals surface area contributed by atoms with Crippen molar-refractivity contribution in [3.63, 3.8) is 0 Å². The molecule has 4 bridgehead atoms. The van der Waals surface area contributed by atoms with Crippen LogP contribution in [0.5, 0.6) is 0 Å². The van der Waals surface area contributed by atoms with E-state index in [0.29, 0.717) is 12.0 Å². The van der Waals surface area contributed by atoms with Gasteiger partial charge in [-0.25, -0.2) is 0 Å². The molecule has 0 aliphatic heterocycles. The third-order valence-corrected chi connectivity index (χ3v) is 6.11. The zero-order valence-electron chi connectivity index (χ0n) is 11.9. The minimum atomic E-state index is 0.574. The van der Waals surface area contributed by atoms with E-state index in [1.54, 1.807) is 0 Å². The Bertz CT molecular complexity index is 480. The molecule has 0 radical (unpaired) electrons. The Hall–Kier alpha value is -0.900. The molecule has 108 valence electrons. The third kappa shape index (κ3) is 1.92. The Labute approximate surface area is 119 Å². The molecule has 4 heteroatoms. The molecule has 4 nitrogen and oxygen atoms in total. The van der Waals surface area contributed by atoms with Gasteiger partial charge in [0.2, 0.25) is 11.8 Å². The van der Waals surface area contributed by atoms with Gasteiger partial charge >= 0.3 is 0 Å². The summed E-state index contributed by atoms with van der Waals surface area (Å²) in [5.41, 5.74) is 0. The minimum Gasteiger partial charge on any atom is -0.424 e. The quantitative estimate of drug-likeness (QED) is 0.916. The Kier molecular flexibility index (Phi) is 2.52. The summed E-state index contributed by atoms with van der Waals surface area (Å²) in [6.07, 6.45) is 9.75. The van der Waals surface area contributed by atoms with E-state index >= 15 is 0 Å². The fourth-order valence-electron chi connectivity index (χ4n) is 5.32. The molecule has 0 atom stereocenters. The number of hydrogen-bond donors (Lipinski definition) is 1. The molecule has 0 spiro atoms. The van der Waals surface area contributed by atoms with Crippen LogP contribution in [-0.4, -0.2) is 16.2 Å². The monoisotopic (exact) mass is 273 g/mol. The lowest BCUT2D eigenvalue weighted by molar-refractivity contribution is -0.0118. The molecule has 5 fully saturated rings. The summed E-state index contributed by atoms with van der Waals surface area (Å²) in [6.45, 7) is 0.755. The van der Waals surface area contributed by atoms with Crippen molar-refractivity contribution in [2.45, 2.75) is 63.5 Å². The van der Waals surface area contributed by atoms with Crippen LogP contribution in [0.4, 0.5) is 0 Å². The van der Waals surface area contributed by atoms with Crippen LogP contribution < -0.4 is 5.32 Å². The van der Waals surface area contributed by atoms with Gasteiger partial charge in [-0.1, -0.05) is 0 Å². The van der Waals surface area contributed by atoms with Gasteiger partial charge in [0.05, 0.1) is 6.54 Å². The molecule has 1 aromatic heterocycles. The standard InChI is InChI=1S/C16H23N3O/c1-2-13(1)17-8-14-18-19-16(20-14)15-11-4-9-3-10(6-11)7-12(15)5-9/h9-13,15,17H,1-8H2. The van der Waals surface area contributed by atoms with Gasteiger partial charge in [0.25, 0.3) is 0 Å². The molecule has 1 aromatic rings. The van der Waals surface area contributed by atoms with E-state index in [1.165, 1.54) is 44.9 Å². The lowest BCUT2D eigenvalue weighted by atomic mass is 9.52. The highest BCUT2D eigenvalue weighted by molar-refractivity contribution is 5.08. The van der Waals surface area contributed by atoms with Crippen molar-refractivity contribution >= 4 is 0 Å². The number of aromatic nitrogens is 2. The first-order valence-corrected chi connectivity index (χ1v) is 8.41. The third-order valence-electron chi connectivity index (χ3n) is 6.11. The number of nitrogens with zero attached hydrogens (tertiary/aromatic N) is 2. The van der Waals surface area contributed by atoms with E-state index in [4.69, 9.17) is 4.42 Å². The van der Waals surface area contributed by atoms with Crippen molar-refractivity contribution in [3.8, 4) is 0 Å². The summed E-state index contributed by atoms with van der Waals surface area (Å²) in [5, 5.41) is 12.1. The van der Waals surface area contributed by atoms with Gasteiger partial charge in [-0.05, 0) is 68.6 Å². The molecular weight excluding hydrogens is 250 g/mol. The molecule has 0 saturated heterocycles. The number of nitrogens with one attached hydrogen (secondary N) is 1. The van der Waals surface area contributed by atoms with Gasteiger partial charge in [-0.2, -0.15) is 0 Å². The van der Waals surface area contributed by atoms with Gasteiger partial charge < -0.3 is 9.73 Å². The topological polar surface area (TPSA) is 51.0 Å². The summed E-state index contributed by atoms with van der Waals surface area (Å²) in [7, 11) is 0. The van der Waals surface area contributed by atoms with Gasteiger partial charge in [0.1, 0.15) is 0 Å². The van der Waals surface area contributed by atoms with Crippen molar-refractivity contribution in [1.82, 2.24) is 15.5 Å². The van der Waals surface area contributed by atoms with E-state index in [2.05, 4.69) is 15.5 Å². The Morgan fingerprint density at radius 2 is 1.65 bits per heavy atom. The van der Waals surface area contributed by atoms with Crippen LogP contribution >= 0.6 is 0 Å². The molecule has 0 aromatic carbocycles. The van der Waals surface area contributed by atoms with Crippen molar-refractivity contribution in [1.29, 1.82) is 0 Å². The summed E-state index contributed by atoms with van der Waals surface area (Å²) in [5.74, 6) is 5.99. The first kappa shape index (κ1) is 11.7. The summed E-state index contributed by atoms with van der Waals surface area (Å²) in [4.78, 5) is 0. The summed E-state index contributed by atoms with van der Waals surface area (Å²) >= 11 is 0. The van der Waals surface area contributed by atoms with E-state index in [-0.39, 0.29) is 0 Å². The summed E-state index contributed by atoms with van der Waals surface area (Å²) in [6, 6.07) is 0.700. The highest BCUT2D eigenvalue weighted by atomic mass is 16.4. The second-order valence-corrected chi connectivity index (χ2v) is 7.65. The zero-order chi connectivity index (χ0) is 13.1. The molecule has 5 aliphatic rings. The van der Waals surface area contributed by atoms with E-state index < -0.39 is 0 Å².